The Hall–Kier alpha value is -2.11. The van der Waals surface area contributed by atoms with Gasteiger partial charge in [0.15, 0.2) is 0 Å². The number of anilines is 2. The molecule has 2 heterocycles. The van der Waals surface area contributed by atoms with E-state index in [1.54, 1.807) is 6.20 Å². The second-order valence-electron chi connectivity index (χ2n) is 7.08. The second-order valence-corrected chi connectivity index (χ2v) is 7.49. The van der Waals surface area contributed by atoms with E-state index in [1.165, 1.54) is 0 Å². The SMILES string of the molecule is CN1CCN(c2ccc(NC(=O)C3CCc4c(Cl)cccc43)cn2)CC1. The van der Waals surface area contributed by atoms with Gasteiger partial charge in [-0.15, -0.1) is 0 Å². The van der Waals surface area contributed by atoms with Crippen LogP contribution in [0.4, 0.5) is 11.5 Å². The molecular weight excluding hydrogens is 348 g/mol. The fourth-order valence-corrected chi connectivity index (χ4v) is 4.07. The highest BCUT2D eigenvalue weighted by Crippen LogP contribution is 2.37. The number of fused-ring (bicyclic) bond motifs is 1. The lowest BCUT2D eigenvalue weighted by atomic mass is 10.0. The third-order valence-electron chi connectivity index (χ3n) is 5.37. The Morgan fingerprint density at radius 3 is 2.73 bits per heavy atom. The predicted molar refractivity (Wildman–Crippen MR) is 105 cm³/mol. The average molecular weight is 371 g/mol. The molecule has 1 aliphatic heterocycles. The topological polar surface area (TPSA) is 48.5 Å². The standard InChI is InChI=1S/C20H23ClN4O/c1-24-9-11-25(12-10-24)19-8-5-14(13-22-19)23-20(26)17-7-6-16-15(17)3-2-4-18(16)21/h2-5,8,13,17H,6-7,9-12H2,1H3,(H,23,26). The molecule has 1 fully saturated rings. The number of pyridine rings is 1. The molecule has 4 rings (SSSR count). The lowest BCUT2D eigenvalue weighted by Crippen LogP contribution is -2.44. The zero-order valence-corrected chi connectivity index (χ0v) is 15.7. The van der Waals surface area contributed by atoms with Crippen molar-refractivity contribution in [1.29, 1.82) is 0 Å². The maximum Gasteiger partial charge on any atom is 0.231 e. The van der Waals surface area contributed by atoms with Crippen LogP contribution in [-0.4, -0.2) is 49.0 Å². The predicted octanol–water partition coefficient (Wildman–Crippen LogP) is 3.16. The van der Waals surface area contributed by atoms with Crippen molar-refractivity contribution < 1.29 is 4.79 Å². The number of benzene rings is 1. The van der Waals surface area contributed by atoms with Crippen LogP contribution in [0.15, 0.2) is 36.5 Å². The van der Waals surface area contributed by atoms with Crippen LogP contribution in [0.5, 0.6) is 0 Å². The number of nitrogens with one attached hydrogen (secondary N) is 1. The Morgan fingerprint density at radius 2 is 2.00 bits per heavy atom. The summed E-state index contributed by atoms with van der Waals surface area (Å²) in [6.07, 6.45) is 3.41. The van der Waals surface area contributed by atoms with Crippen molar-refractivity contribution in [2.45, 2.75) is 18.8 Å². The molecule has 1 saturated heterocycles. The molecule has 136 valence electrons. The van der Waals surface area contributed by atoms with Gasteiger partial charge in [0.1, 0.15) is 5.82 Å². The fourth-order valence-electron chi connectivity index (χ4n) is 3.79. The molecule has 1 aliphatic carbocycles. The highest BCUT2D eigenvalue weighted by atomic mass is 35.5. The number of halogens is 1. The van der Waals surface area contributed by atoms with Crippen molar-refractivity contribution in [2.75, 3.05) is 43.4 Å². The zero-order valence-electron chi connectivity index (χ0n) is 14.9. The van der Waals surface area contributed by atoms with Crippen LogP contribution < -0.4 is 10.2 Å². The first-order chi connectivity index (χ1) is 12.6. The Balaban J connectivity index is 1.42. The minimum atomic E-state index is -0.138. The molecule has 1 aromatic carbocycles. The summed E-state index contributed by atoms with van der Waals surface area (Å²) in [6, 6.07) is 9.74. The molecule has 2 aromatic rings. The maximum absolute atomic E-state index is 12.7. The minimum Gasteiger partial charge on any atom is -0.354 e. The molecule has 0 saturated carbocycles. The third kappa shape index (κ3) is 3.41. The van der Waals surface area contributed by atoms with Gasteiger partial charge in [-0.2, -0.15) is 0 Å². The number of carbonyl (C=O) groups is 1. The highest BCUT2D eigenvalue weighted by molar-refractivity contribution is 6.31. The van der Waals surface area contributed by atoms with Crippen molar-refractivity contribution >= 4 is 29.0 Å². The first kappa shape index (κ1) is 17.3. The van der Waals surface area contributed by atoms with Crippen LogP contribution in [0, 0.1) is 0 Å². The molecule has 1 atom stereocenters. The number of rotatable bonds is 3. The zero-order chi connectivity index (χ0) is 18.1. The van der Waals surface area contributed by atoms with E-state index in [9.17, 15) is 4.79 Å². The van der Waals surface area contributed by atoms with Crippen molar-refractivity contribution in [3.8, 4) is 0 Å². The van der Waals surface area contributed by atoms with E-state index >= 15 is 0 Å². The number of hydrogen-bond acceptors (Lipinski definition) is 4. The molecule has 0 spiro atoms. The summed E-state index contributed by atoms with van der Waals surface area (Å²) in [5.74, 6) is 0.843. The Kier molecular flexibility index (Phi) is 4.83. The summed E-state index contributed by atoms with van der Waals surface area (Å²) in [5.41, 5.74) is 2.90. The molecule has 26 heavy (non-hydrogen) atoms. The number of carbonyl (C=O) groups excluding carboxylic acids is 1. The van der Waals surface area contributed by atoms with Gasteiger partial charge in [-0.1, -0.05) is 23.7 Å². The lowest BCUT2D eigenvalue weighted by Gasteiger charge is -2.33. The lowest BCUT2D eigenvalue weighted by molar-refractivity contribution is -0.117. The summed E-state index contributed by atoms with van der Waals surface area (Å²) >= 11 is 6.25. The third-order valence-corrected chi connectivity index (χ3v) is 5.73. The Bertz CT molecular complexity index is 800. The van der Waals surface area contributed by atoms with Crippen LogP contribution >= 0.6 is 11.6 Å². The van der Waals surface area contributed by atoms with Gasteiger partial charge in [0, 0.05) is 31.2 Å². The van der Waals surface area contributed by atoms with Crippen LogP contribution in [0.3, 0.4) is 0 Å². The largest absolute Gasteiger partial charge is 0.354 e. The molecule has 1 aromatic heterocycles. The van der Waals surface area contributed by atoms with Crippen LogP contribution in [0.1, 0.15) is 23.5 Å². The Morgan fingerprint density at radius 1 is 1.19 bits per heavy atom. The fraction of sp³-hybridized carbons (Fsp3) is 0.400. The van der Waals surface area contributed by atoms with Crippen LogP contribution in [-0.2, 0) is 11.2 Å². The molecule has 2 aliphatic rings. The van der Waals surface area contributed by atoms with Gasteiger partial charge >= 0.3 is 0 Å². The van der Waals surface area contributed by atoms with E-state index in [0.29, 0.717) is 0 Å². The summed E-state index contributed by atoms with van der Waals surface area (Å²) in [6.45, 7) is 4.05. The number of nitrogens with zero attached hydrogens (tertiary/aromatic N) is 3. The summed E-state index contributed by atoms with van der Waals surface area (Å²) in [7, 11) is 2.14. The quantitative estimate of drug-likeness (QED) is 0.901. The monoisotopic (exact) mass is 370 g/mol. The second kappa shape index (κ2) is 7.25. The Labute approximate surface area is 159 Å². The van der Waals surface area contributed by atoms with E-state index < -0.39 is 0 Å². The van der Waals surface area contributed by atoms with Gasteiger partial charge in [-0.3, -0.25) is 4.79 Å². The van der Waals surface area contributed by atoms with Gasteiger partial charge in [0.2, 0.25) is 5.91 Å². The van der Waals surface area contributed by atoms with E-state index in [2.05, 4.69) is 27.1 Å². The summed E-state index contributed by atoms with van der Waals surface area (Å²) in [5, 5.41) is 3.77. The van der Waals surface area contributed by atoms with Gasteiger partial charge in [0.05, 0.1) is 17.8 Å². The summed E-state index contributed by atoms with van der Waals surface area (Å²) in [4.78, 5) is 21.8. The van der Waals surface area contributed by atoms with Crippen molar-refractivity contribution in [1.82, 2.24) is 9.88 Å². The van der Waals surface area contributed by atoms with Crippen LogP contribution in [0.2, 0.25) is 5.02 Å². The van der Waals surface area contributed by atoms with E-state index in [-0.39, 0.29) is 11.8 Å². The van der Waals surface area contributed by atoms with Gasteiger partial charge in [0.25, 0.3) is 0 Å². The molecule has 0 bridgehead atoms. The number of hydrogen-bond donors (Lipinski definition) is 1. The smallest absolute Gasteiger partial charge is 0.231 e. The number of piperazine rings is 1. The average Bonchev–Trinajstić information content (AvgIpc) is 3.09. The van der Waals surface area contributed by atoms with Crippen molar-refractivity contribution in [3.63, 3.8) is 0 Å². The van der Waals surface area contributed by atoms with E-state index in [0.717, 1.165) is 66.7 Å². The first-order valence-electron chi connectivity index (χ1n) is 9.09. The van der Waals surface area contributed by atoms with E-state index in [4.69, 9.17) is 11.6 Å². The number of aromatic nitrogens is 1. The van der Waals surface area contributed by atoms with Gasteiger partial charge in [-0.25, -0.2) is 4.98 Å². The molecule has 1 N–H and O–H groups in total. The molecule has 1 amide bonds. The van der Waals surface area contributed by atoms with Crippen LogP contribution in [0.25, 0.3) is 0 Å². The van der Waals surface area contributed by atoms with Crippen molar-refractivity contribution in [2.24, 2.45) is 0 Å². The number of amides is 1. The molecule has 1 unspecified atom stereocenters. The van der Waals surface area contributed by atoms with Gasteiger partial charge in [-0.05, 0) is 49.2 Å². The number of likely N-dealkylation sites (N-methyl/N-ethyl adjacent to an activating group) is 1. The summed E-state index contributed by atoms with van der Waals surface area (Å²) < 4.78 is 0. The minimum absolute atomic E-state index is 0.0140. The first-order valence-corrected chi connectivity index (χ1v) is 9.47. The molecule has 5 nitrogen and oxygen atoms in total. The molecule has 6 heteroatoms. The van der Waals surface area contributed by atoms with Crippen molar-refractivity contribution in [3.05, 3.63) is 52.7 Å². The molecular formula is C20H23ClN4O. The van der Waals surface area contributed by atoms with E-state index in [1.807, 2.05) is 30.3 Å². The molecule has 0 radical (unpaired) electrons. The highest BCUT2D eigenvalue weighted by Gasteiger charge is 2.29. The maximum atomic E-state index is 12.7. The normalized spacial score (nSPS) is 20.1. The van der Waals surface area contributed by atoms with Gasteiger partial charge < -0.3 is 15.1 Å².